The van der Waals surface area contributed by atoms with E-state index in [-0.39, 0.29) is 23.0 Å². The molecule has 75 heavy (non-hydrogen) atoms. The summed E-state index contributed by atoms with van der Waals surface area (Å²) in [6.45, 7) is 23.9. The molecule has 0 fully saturated rings. The quantitative estimate of drug-likeness (QED) is 0.160. The molecule has 370 valence electrons. The van der Waals surface area contributed by atoms with Crippen molar-refractivity contribution in [3.63, 3.8) is 0 Å². The molecule has 0 unspecified atom stereocenters. The van der Waals surface area contributed by atoms with Crippen LogP contribution in [0.4, 0.5) is 34.1 Å². The van der Waals surface area contributed by atoms with E-state index in [4.69, 9.17) is 9.47 Å². The van der Waals surface area contributed by atoms with Gasteiger partial charge in [-0.1, -0.05) is 172 Å². The average molecular weight is 995 g/mol. The molecule has 0 saturated carbocycles. The van der Waals surface area contributed by atoms with Crippen LogP contribution in [0.1, 0.15) is 84.6 Å². The van der Waals surface area contributed by atoms with Crippen molar-refractivity contribution in [3.8, 4) is 44.9 Å². The Kier molecular flexibility index (Phi) is 10.9. The van der Waals surface area contributed by atoms with Crippen molar-refractivity contribution in [2.75, 3.05) is 23.0 Å². The van der Waals surface area contributed by atoms with Crippen LogP contribution < -0.4 is 35.7 Å². The van der Waals surface area contributed by atoms with Gasteiger partial charge in [0.1, 0.15) is 13.2 Å². The second-order valence-corrected chi connectivity index (χ2v) is 25.2. The lowest BCUT2D eigenvalue weighted by Gasteiger charge is -2.45. The highest BCUT2D eigenvalue weighted by atomic mass is 32.1. The second kappa shape index (κ2) is 17.3. The smallest absolute Gasteiger partial charge is 0.252 e. The van der Waals surface area contributed by atoms with E-state index in [1.807, 2.05) is 17.4 Å². The molecule has 3 aliphatic rings. The Bertz CT molecular complexity index is 3850. The second-order valence-electron chi connectivity index (χ2n) is 24.2. The number of ether oxygens (including phenoxy) is 2. The standard InChI is InChI=1S/C69H63BN2O2S/c1-42-34-60-65-61(35-42)72(58-15-13-16-62-66(58)74-33-32-73-62)57-31-28-51(69(8,9)10)41-56(57)70(65)55-30-23-45(46-22-29-54-53-14-11-12-17-63(53)75-64(54)40-46)39-59(55)71(60)52-37-47(43-18-24-49(25-19-43)67(2,3)4)36-48(38-52)44-20-26-50(27-21-44)68(5,6)7/h11-31,34-41H,32-33H2,1-10H3. The minimum atomic E-state index is -0.0786. The van der Waals surface area contributed by atoms with Crippen molar-refractivity contribution in [1.82, 2.24) is 0 Å². The topological polar surface area (TPSA) is 24.9 Å². The molecule has 10 aromatic rings. The van der Waals surface area contributed by atoms with Gasteiger partial charge in [0, 0.05) is 48.6 Å². The molecule has 6 heteroatoms. The van der Waals surface area contributed by atoms with Crippen LogP contribution in [0.5, 0.6) is 11.5 Å². The van der Waals surface area contributed by atoms with Crippen molar-refractivity contribution in [3.05, 3.63) is 198 Å². The van der Waals surface area contributed by atoms with Crippen LogP contribution in [0.25, 0.3) is 53.6 Å². The molecule has 4 heterocycles. The van der Waals surface area contributed by atoms with Gasteiger partial charge in [-0.3, -0.25) is 0 Å². The fourth-order valence-electron chi connectivity index (χ4n) is 11.9. The number of anilines is 6. The largest absolute Gasteiger partial charge is 0.486 e. The third kappa shape index (κ3) is 8.03. The first kappa shape index (κ1) is 47.2. The van der Waals surface area contributed by atoms with Crippen molar-refractivity contribution >= 4 is 88.7 Å². The predicted octanol–water partition coefficient (Wildman–Crippen LogP) is 17.1. The van der Waals surface area contributed by atoms with E-state index in [0.717, 1.165) is 34.2 Å². The van der Waals surface area contributed by atoms with Gasteiger partial charge in [-0.15, -0.1) is 11.3 Å². The van der Waals surface area contributed by atoms with Crippen LogP contribution >= 0.6 is 11.3 Å². The third-order valence-corrected chi connectivity index (χ3v) is 17.1. The highest BCUT2D eigenvalue weighted by molar-refractivity contribution is 7.25. The van der Waals surface area contributed by atoms with E-state index in [2.05, 4.69) is 249 Å². The lowest BCUT2D eigenvalue weighted by atomic mass is 9.33. The summed E-state index contributed by atoms with van der Waals surface area (Å²) in [6.07, 6.45) is 0. The van der Waals surface area contributed by atoms with Gasteiger partial charge in [0.25, 0.3) is 6.71 Å². The highest BCUT2D eigenvalue weighted by Crippen LogP contribution is 2.51. The highest BCUT2D eigenvalue weighted by Gasteiger charge is 2.45. The van der Waals surface area contributed by atoms with Crippen molar-refractivity contribution in [2.45, 2.75) is 85.5 Å². The van der Waals surface area contributed by atoms with Gasteiger partial charge < -0.3 is 19.3 Å². The number of benzene rings is 9. The number of hydrogen-bond donors (Lipinski definition) is 0. The molecule has 3 aliphatic heterocycles. The molecule has 0 radical (unpaired) electrons. The molecule has 4 nitrogen and oxygen atoms in total. The number of nitrogens with zero attached hydrogens (tertiary/aromatic N) is 2. The Hall–Kier alpha value is -7.54. The van der Waals surface area contributed by atoms with Gasteiger partial charge in [-0.2, -0.15) is 0 Å². The molecule has 13 rings (SSSR count). The van der Waals surface area contributed by atoms with Gasteiger partial charge >= 0.3 is 0 Å². The van der Waals surface area contributed by atoms with Crippen LogP contribution in [-0.4, -0.2) is 19.9 Å². The van der Waals surface area contributed by atoms with E-state index in [9.17, 15) is 0 Å². The first-order valence-corrected chi connectivity index (χ1v) is 27.5. The van der Waals surface area contributed by atoms with Crippen LogP contribution in [-0.2, 0) is 16.2 Å². The minimum absolute atomic E-state index is 0.0379. The number of thiophene rings is 1. The SMILES string of the molecule is Cc1cc2c3c(c1)N(c1cccc4c1OCCO4)c1ccc(C(C)(C)C)cc1B3c1ccc(-c3ccc4c(c3)sc3ccccc34)cc1N2c1cc(-c2ccc(C(C)(C)C)cc2)cc(-c2ccc(C(C)(C)C)cc2)c1. The minimum Gasteiger partial charge on any atom is -0.486 e. The van der Waals surface area contributed by atoms with Crippen LogP contribution in [0.3, 0.4) is 0 Å². The molecule has 0 bridgehead atoms. The Morgan fingerprint density at radius 2 is 1.00 bits per heavy atom. The zero-order chi connectivity index (χ0) is 51.7. The Labute approximate surface area is 447 Å². The van der Waals surface area contributed by atoms with E-state index < -0.39 is 0 Å². The summed E-state index contributed by atoms with van der Waals surface area (Å²) in [7, 11) is 0. The summed E-state index contributed by atoms with van der Waals surface area (Å²) in [5.74, 6) is 1.56. The Morgan fingerprint density at radius 3 is 1.68 bits per heavy atom. The van der Waals surface area contributed by atoms with Gasteiger partial charge in [0.15, 0.2) is 11.5 Å². The summed E-state index contributed by atoms with van der Waals surface area (Å²) in [5, 5.41) is 2.62. The van der Waals surface area contributed by atoms with E-state index in [1.165, 1.54) is 104 Å². The van der Waals surface area contributed by atoms with Crippen molar-refractivity contribution < 1.29 is 9.47 Å². The fourth-order valence-corrected chi connectivity index (χ4v) is 13.0. The summed E-state index contributed by atoms with van der Waals surface area (Å²) in [6, 6.07) is 67.3. The number of fused-ring (bicyclic) bond motifs is 8. The lowest BCUT2D eigenvalue weighted by Crippen LogP contribution is -2.61. The molecule has 1 aromatic heterocycles. The predicted molar refractivity (Wildman–Crippen MR) is 321 cm³/mol. The summed E-state index contributed by atoms with van der Waals surface area (Å²) in [4.78, 5) is 5.06. The molecule has 0 amide bonds. The first-order valence-electron chi connectivity index (χ1n) is 26.7. The lowest BCUT2D eigenvalue weighted by molar-refractivity contribution is 0.172. The zero-order valence-corrected chi connectivity index (χ0v) is 45.7. The Balaban J connectivity index is 1.10. The maximum absolute atomic E-state index is 6.57. The van der Waals surface area contributed by atoms with Gasteiger partial charge in [0.2, 0.25) is 0 Å². The number of hydrogen-bond acceptors (Lipinski definition) is 5. The number of aryl methyl sites for hydroxylation is 1. The first-order chi connectivity index (χ1) is 36.0. The van der Waals surface area contributed by atoms with Crippen LogP contribution in [0, 0.1) is 6.92 Å². The van der Waals surface area contributed by atoms with Gasteiger partial charge in [-0.05, 0) is 162 Å². The number of rotatable bonds is 5. The van der Waals surface area contributed by atoms with Gasteiger partial charge in [-0.25, -0.2) is 0 Å². The van der Waals surface area contributed by atoms with Crippen molar-refractivity contribution in [2.24, 2.45) is 0 Å². The molecule has 0 atom stereocenters. The Morgan fingerprint density at radius 1 is 0.413 bits per heavy atom. The maximum Gasteiger partial charge on any atom is 0.252 e. The molecular weight excluding hydrogens is 932 g/mol. The molecule has 0 saturated heterocycles. The molecule has 0 aliphatic carbocycles. The third-order valence-electron chi connectivity index (χ3n) is 15.9. The van der Waals surface area contributed by atoms with E-state index >= 15 is 0 Å². The molecule has 0 N–H and O–H groups in total. The maximum atomic E-state index is 6.57. The van der Waals surface area contributed by atoms with Crippen LogP contribution in [0.2, 0.25) is 0 Å². The molecular formula is C69H63BN2O2S. The van der Waals surface area contributed by atoms with E-state index in [0.29, 0.717) is 13.2 Å². The molecule has 0 spiro atoms. The number of para-hydroxylation sites is 1. The average Bonchev–Trinajstić information content (AvgIpc) is 3.80. The molecule has 9 aromatic carbocycles. The summed E-state index contributed by atoms with van der Waals surface area (Å²) < 4.78 is 15.5. The zero-order valence-electron chi connectivity index (χ0n) is 44.9. The fraction of sp³-hybridized carbons (Fsp3) is 0.217. The normalized spacial score (nSPS) is 14.0. The van der Waals surface area contributed by atoms with Gasteiger partial charge in [0.05, 0.1) is 5.69 Å². The van der Waals surface area contributed by atoms with Crippen molar-refractivity contribution in [1.29, 1.82) is 0 Å². The monoisotopic (exact) mass is 994 g/mol. The summed E-state index contributed by atoms with van der Waals surface area (Å²) >= 11 is 1.88. The van der Waals surface area contributed by atoms with Crippen LogP contribution in [0.15, 0.2) is 176 Å². The summed E-state index contributed by atoms with van der Waals surface area (Å²) in [5.41, 5.74) is 22.8. The van der Waals surface area contributed by atoms with E-state index in [1.54, 1.807) is 0 Å².